The van der Waals surface area contributed by atoms with E-state index in [1.807, 2.05) is 57.2 Å². The molecule has 0 bridgehead atoms. The fourth-order valence-electron chi connectivity index (χ4n) is 2.41. The average molecular weight is 388 g/mol. The molecule has 1 amide bonds. The molecule has 0 aliphatic rings. The first-order valence-corrected chi connectivity index (χ1v) is 8.42. The summed E-state index contributed by atoms with van der Waals surface area (Å²) in [5.41, 5.74) is 4.20. The zero-order valence-electron chi connectivity index (χ0n) is 13.7. The van der Waals surface area contributed by atoms with Gasteiger partial charge in [0.05, 0.1) is 5.69 Å². The summed E-state index contributed by atoms with van der Waals surface area (Å²) >= 11 is 3.47. The number of aryl methyl sites for hydroxylation is 2. The molecular weight excluding hydrogens is 370 g/mol. The van der Waals surface area contributed by atoms with E-state index >= 15 is 0 Å². The topological polar surface area (TPSA) is 67.2 Å². The van der Waals surface area contributed by atoms with Crippen LogP contribution in [-0.2, 0) is 4.79 Å². The Bertz CT molecular complexity index is 904. The summed E-state index contributed by atoms with van der Waals surface area (Å²) in [5, 5.41) is 6.10. The molecule has 5 nitrogen and oxygen atoms in total. The summed E-state index contributed by atoms with van der Waals surface area (Å²) in [4.78, 5) is 16.7. The molecule has 0 saturated heterocycles. The van der Waals surface area contributed by atoms with Crippen LogP contribution in [0.1, 0.15) is 18.4 Å². The lowest BCUT2D eigenvalue weighted by atomic mass is 10.2. The molecule has 3 aromatic rings. The second kappa shape index (κ2) is 6.65. The number of halogens is 1. The molecule has 0 radical (unpaired) electrons. The Balaban J connectivity index is 1.70. The SMILES string of the molecule is Cc1ccc(NC(=O)C(C)Nc2ccc3oc(C)nc3c2)c(Br)c1. The van der Waals surface area contributed by atoms with Crippen molar-refractivity contribution < 1.29 is 9.21 Å². The molecule has 6 heteroatoms. The maximum Gasteiger partial charge on any atom is 0.246 e. The lowest BCUT2D eigenvalue weighted by Crippen LogP contribution is -2.31. The van der Waals surface area contributed by atoms with Gasteiger partial charge in [-0.05, 0) is 65.7 Å². The number of hydrogen-bond acceptors (Lipinski definition) is 4. The van der Waals surface area contributed by atoms with Gasteiger partial charge >= 0.3 is 0 Å². The number of nitrogens with one attached hydrogen (secondary N) is 2. The smallest absolute Gasteiger partial charge is 0.246 e. The number of aromatic nitrogens is 1. The van der Waals surface area contributed by atoms with E-state index in [2.05, 4.69) is 31.5 Å². The first-order valence-electron chi connectivity index (χ1n) is 7.63. The van der Waals surface area contributed by atoms with Crippen LogP contribution in [0.15, 0.2) is 45.3 Å². The van der Waals surface area contributed by atoms with Crippen LogP contribution >= 0.6 is 15.9 Å². The van der Waals surface area contributed by atoms with Gasteiger partial charge in [0.25, 0.3) is 0 Å². The van der Waals surface area contributed by atoms with E-state index in [1.54, 1.807) is 0 Å². The second-order valence-corrected chi connectivity index (χ2v) is 6.61. The standard InChI is InChI=1S/C18H18BrN3O2/c1-10-4-6-15(14(19)8-10)22-18(23)11(2)20-13-5-7-17-16(9-13)21-12(3)24-17/h4-9,11,20H,1-3H3,(H,22,23). The molecule has 0 spiro atoms. The number of anilines is 2. The van der Waals surface area contributed by atoms with Crippen LogP contribution in [0.2, 0.25) is 0 Å². The molecule has 0 aliphatic carbocycles. The lowest BCUT2D eigenvalue weighted by Gasteiger charge is -2.16. The van der Waals surface area contributed by atoms with E-state index < -0.39 is 6.04 Å². The third kappa shape index (κ3) is 3.59. The summed E-state index contributed by atoms with van der Waals surface area (Å²) < 4.78 is 6.32. The quantitative estimate of drug-likeness (QED) is 0.683. The second-order valence-electron chi connectivity index (χ2n) is 5.75. The highest BCUT2D eigenvalue weighted by Crippen LogP contribution is 2.24. The Hall–Kier alpha value is -2.34. The summed E-state index contributed by atoms with van der Waals surface area (Å²) in [6.07, 6.45) is 0. The molecule has 2 aromatic carbocycles. The van der Waals surface area contributed by atoms with E-state index in [-0.39, 0.29) is 5.91 Å². The molecule has 2 N–H and O–H groups in total. The van der Waals surface area contributed by atoms with E-state index in [9.17, 15) is 4.79 Å². The molecule has 1 unspecified atom stereocenters. The van der Waals surface area contributed by atoms with Gasteiger partial charge in [-0.15, -0.1) is 0 Å². The highest BCUT2D eigenvalue weighted by Gasteiger charge is 2.15. The number of benzene rings is 2. The molecule has 3 rings (SSSR count). The predicted octanol–water partition coefficient (Wildman–Crippen LogP) is 4.65. The fraction of sp³-hybridized carbons (Fsp3) is 0.222. The van der Waals surface area contributed by atoms with E-state index in [0.717, 1.165) is 32.5 Å². The minimum absolute atomic E-state index is 0.115. The highest BCUT2D eigenvalue weighted by molar-refractivity contribution is 9.10. The molecule has 0 fully saturated rings. The number of hydrogen-bond donors (Lipinski definition) is 2. The van der Waals surface area contributed by atoms with Crippen molar-refractivity contribution in [1.29, 1.82) is 0 Å². The summed E-state index contributed by atoms with van der Waals surface area (Å²) in [5.74, 6) is 0.508. The number of amides is 1. The number of carbonyl (C=O) groups excluding carboxylic acids is 1. The van der Waals surface area contributed by atoms with Crippen LogP contribution in [0.25, 0.3) is 11.1 Å². The number of rotatable bonds is 4. The molecule has 24 heavy (non-hydrogen) atoms. The predicted molar refractivity (Wildman–Crippen MR) is 99.3 cm³/mol. The van der Waals surface area contributed by atoms with E-state index in [0.29, 0.717) is 5.89 Å². The van der Waals surface area contributed by atoms with Crippen molar-refractivity contribution in [1.82, 2.24) is 4.98 Å². The minimum Gasteiger partial charge on any atom is -0.441 e. The minimum atomic E-state index is -0.399. The van der Waals surface area contributed by atoms with Crippen molar-refractivity contribution in [2.24, 2.45) is 0 Å². The van der Waals surface area contributed by atoms with Crippen LogP contribution < -0.4 is 10.6 Å². The van der Waals surface area contributed by atoms with Crippen molar-refractivity contribution >= 4 is 44.3 Å². The first kappa shape index (κ1) is 16.5. The van der Waals surface area contributed by atoms with Crippen LogP contribution in [-0.4, -0.2) is 16.9 Å². The van der Waals surface area contributed by atoms with Gasteiger partial charge < -0.3 is 15.1 Å². The number of nitrogens with zero attached hydrogens (tertiary/aromatic N) is 1. The Morgan fingerprint density at radius 3 is 2.75 bits per heavy atom. The first-order chi connectivity index (χ1) is 11.4. The third-order valence-corrected chi connectivity index (χ3v) is 4.31. The van der Waals surface area contributed by atoms with Gasteiger partial charge in [-0.2, -0.15) is 0 Å². The molecule has 124 valence electrons. The molecule has 1 heterocycles. The Kier molecular flexibility index (Phi) is 4.57. The van der Waals surface area contributed by atoms with Crippen LogP contribution in [0.4, 0.5) is 11.4 Å². The lowest BCUT2D eigenvalue weighted by molar-refractivity contribution is -0.116. The monoisotopic (exact) mass is 387 g/mol. The van der Waals surface area contributed by atoms with Gasteiger partial charge in [0.15, 0.2) is 11.5 Å². The van der Waals surface area contributed by atoms with Gasteiger partial charge in [0.1, 0.15) is 11.6 Å². The third-order valence-electron chi connectivity index (χ3n) is 3.65. The van der Waals surface area contributed by atoms with Crippen LogP contribution in [0.5, 0.6) is 0 Å². The molecule has 0 aliphatic heterocycles. The van der Waals surface area contributed by atoms with Gasteiger partial charge in [-0.25, -0.2) is 4.98 Å². The zero-order valence-corrected chi connectivity index (χ0v) is 15.3. The van der Waals surface area contributed by atoms with Crippen LogP contribution in [0, 0.1) is 13.8 Å². The molecule has 0 saturated carbocycles. The summed E-state index contributed by atoms with van der Waals surface area (Å²) in [7, 11) is 0. The molecule has 1 aromatic heterocycles. The van der Waals surface area contributed by atoms with E-state index in [4.69, 9.17) is 4.42 Å². The van der Waals surface area contributed by atoms with Crippen molar-refractivity contribution in [2.45, 2.75) is 26.8 Å². The normalized spacial score (nSPS) is 12.2. The Labute approximate surface area is 148 Å². The zero-order chi connectivity index (χ0) is 17.3. The highest BCUT2D eigenvalue weighted by atomic mass is 79.9. The van der Waals surface area contributed by atoms with Gasteiger partial charge in [0, 0.05) is 17.1 Å². The van der Waals surface area contributed by atoms with Crippen molar-refractivity contribution in [3.63, 3.8) is 0 Å². The van der Waals surface area contributed by atoms with Gasteiger partial charge in [0.2, 0.25) is 5.91 Å². The molecule has 1 atom stereocenters. The van der Waals surface area contributed by atoms with Crippen molar-refractivity contribution in [3.05, 3.63) is 52.3 Å². The van der Waals surface area contributed by atoms with Crippen molar-refractivity contribution in [2.75, 3.05) is 10.6 Å². The van der Waals surface area contributed by atoms with Gasteiger partial charge in [-0.1, -0.05) is 6.07 Å². The van der Waals surface area contributed by atoms with Gasteiger partial charge in [-0.3, -0.25) is 4.79 Å². The Morgan fingerprint density at radius 2 is 2.00 bits per heavy atom. The maximum absolute atomic E-state index is 12.4. The van der Waals surface area contributed by atoms with Crippen LogP contribution in [0.3, 0.4) is 0 Å². The fourth-order valence-corrected chi connectivity index (χ4v) is 3.00. The largest absolute Gasteiger partial charge is 0.441 e. The maximum atomic E-state index is 12.4. The number of fused-ring (bicyclic) bond motifs is 1. The number of carbonyl (C=O) groups is 1. The number of oxazole rings is 1. The van der Waals surface area contributed by atoms with Crippen molar-refractivity contribution in [3.8, 4) is 0 Å². The van der Waals surface area contributed by atoms with E-state index in [1.165, 1.54) is 0 Å². The summed E-state index contributed by atoms with van der Waals surface area (Å²) in [6.45, 7) is 5.63. The molecular formula is C18H18BrN3O2. The summed E-state index contributed by atoms with van der Waals surface area (Å²) in [6, 6.07) is 11.0. The average Bonchev–Trinajstić information content (AvgIpc) is 2.89. The Morgan fingerprint density at radius 1 is 1.21 bits per heavy atom.